The Hall–Kier alpha value is -0.930. The van der Waals surface area contributed by atoms with Crippen LogP contribution in [0.1, 0.15) is 37.6 Å². The molecule has 0 aliphatic rings. The van der Waals surface area contributed by atoms with Crippen LogP contribution in [0.5, 0.6) is 0 Å². The zero-order chi connectivity index (χ0) is 12.8. The van der Waals surface area contributed by atoms with Gasteiger partial charge in [0.05, 0.1) is 0 Å². The first-order valence-corrected chi connectivity index (χ1v) is 6.37. The molecule has 0 aromatic carbocycles. The van der Waals surface area contributed by atoms with Crippen LogP contribution in [-0.2, 0) is 0 Å². The summed E-state index contributed by atoms with van der Waals surface area (Å²) in [5, 5.41) is 0. The summed E-state index contributed by atoms with van der Waals surface area (Å²) >= 11 is 0. The van der Waals surface area contributed by atoms with Gasteiger partial charge in [-0.25, -0.2) is 0 Å². The number of hydrogen-bond donors (Lipinski definition) is 1. The Morgan fingerprint density at radius 2 is 2.06 bits per heavy atom. The first-order chi connectivity index (χ1) is 8.04. The van der Waals surface area contributed by atoms with E-state index in [1.165, 1.54) is 12.0 Å². The molecule has 0 radical (unpaired) electrons. The van der Waals surface area contributed by atoms with Crippen LogP contribution >= 0.6 is 0 Å². The molecule has 0 bridgehead atoms. The fourth-order valence-electron chi connectivity index (χ4n) is 1.86. The smallest absolute Gasteiger partial charge is 0.0482 e. The second-order valence-corrected chi connectivity index (χ2v) is 5.15. The van der Waals surface area contributed by atoms with Crippen LogP contribution in [0, 0.1) is 12.8 Å². The van der Waals surface area contributed by atoms with Gasteiger partial charge >= 0.3 is 0 Å². The number of rotatable bonds is 6. The Balaban J connectivity index is 2.66. The predicted molar refractivity (Wildman–Crippen MR) is 72.9 cm³/mol. The molecule has 1 atom stereocenters. The molecule has 0 saturated heterocycles. The molecular formula is C14H25N3. The van der Waals surface area contributed by atoms with Crippen molar-refractivity contribution in [3.63, 3.8) is 0 Å². The molecule has 1 aromatic rings. The number of aromatic nitrogens is 1. The van der Waals surface area contributed by atoms with Gasteiger partial charge in [0, 0.05) is 24.5 Å². The molecule has 0 amide bonds. The third-order valence-electron chi connectivity index (χ3n) is 3.13. The normalized spacial score (nSPS) is 13.4. The fraction of sp³-hybridized carbons (Fsp3) is 0.643. The minimum Gasteiger partial charge on any atom is -0.329 e. The monoisotopic (exact) mass is 235 g/mol. The molecule has 1 aromatic heterocycles. The SMILES string of the molecule is Cc1ccc(C(CN)N(C)CCC(C)C)cn1. The fourth-order valence-corrected chi connectivity index (χ4v) is 1.86. The molecule has 0 aliphatic carbocycles. The van der Waals surface area contributed by atoms with Gasteiger partial charge in [0.15, 0.2) is 0 Å². The Labute approximate surface area is 105 Å². The summed E-state index contributed by atoms with van der Waals surface area (Å²) in [7, 11) is 2.14. The summed E-state index contributed by atoms with van der Waals surface area (Å²) in [6, 6.07) is 4.46. The first-order valence-electron chi connectivity index (χ1n) is 6.37. The number of likely N-dealkylation sites (N-methyl/N-ethyl adjacent to an activating group) is 1. The van der Waals surface area contributed by atoms with Gasteiger partial charge in [-0.3, -0.25) is 9.88 Å². The number of nitrogens with two attached hydrogens (primary N) is 1. The third kappa shape index (κ3) is 4.44. The van der Waals surface area contributed by atoms with Crippen LogP contribution in [0.15, 0.2) is 18.3 Å². The summed E-state index contributed by atoms with van der Waals surface area (Å²) in [4.78, 5) is 6.67. The molecular weight excluding hydrogens is 210 g/mol. The average Bonchev–Trinajstić information content (AvgIpc) is 2.30. The van der Waals surface area contributed by atoms with Crippen LogP contribution in [0.2, 0.25) is 0 Å². The van der Waals surface area contributed by atoms with Crippen LogP contribution in [0.4, 0.5) is 0 Å². The van der Waals surface area contributed by atoms with E-state index >= 15 is 0 Å². The van der Waals surface area contributed by atoms with E-state index < -0.39 is 0 Å². The molecule has 1 unspecified atom stereocenters. The molecule has 3 heteroatoms. The van der Waals surface area contributed by atoms with E-state index in [9.17, 15) is 0 Å². The maximum Gasteiger partial charge on any atom is 0.0482 e. The molecule has 2 N–H and O–H groups in total. The van der Waals surface area contributed by atoms with Crippen molar-refractivity contribution in [2.45, 2.75) is 33.2 Å². The minimum absolute atomic E-state index is 0.279. The number of nitrogens with zero attached hydrogens (tertiary/aromatic N) is 2. The molecule has 1 rings (SSSR count). The second kappa shape index (κ2) is 6.72. The Kier molecular flexibility index (Phi) is 5.59. The molecule has 96 valence electrons. The largest absolute Gasteiger partial charge is 0.329 e. The molecule has 17 heavy (non-hydrogen) atoms. The van der Waals surface area contributed by atoms with E-state index in [0.29, 0.717) is 6.54 Å². The first kappa shape index (κ1) is 14.1. The van der Waals surface area contributed by atoms with E-state index in [1.54, 1.807) is 0 Å². The quantitative estimate of drug-likeness (QED) is 0.823. The Morgan fingerprint density at radius 1 is 1.35 bits per heavy atom. The van der Waals surface area contributed by atoms with Crippen molar-refractivity contribution >= 4 is 0 Å². The van der Waals surface area contributed by atoms with Gasteiger partial charge in [0.2, 0.25) is 0 Å². The van der Waals surface area contributed by atoms with Crippen molar-refractivity contribution < 1.29 is 0 Å². The lowest BCUT2D eigenvalue weighted by molar-refractivity contribution is 0.236. The van der Waals surface area contributed by atoms with Gasteiger partial charge in [-0.15, -0.1) is 0 Å². The predicted octanol–water partition coefficient (Wildman–Crippen LogP) is 2.37. The number of aryl methyl sites for hydroxylation is 1. The highest BCUT2D eigenvalue weighted by Gasteiger charge is 2.15. The molecule has 3 nitrogen and oxygen atoms in total. The maximum absolute atomic E-state index is 5.88. The van der Waals surface area contributed by atoms with Gasteiger partial charge < -0.3 is 5.73 Å². The van der Waals surface area contributed by atoms with E-state index in [2.05, 4.69) is 36.8 Å². The highest BCUT2D eigenvalue weighted by molar-refractivity contribution is 5.17. The topological polar surface area (TPSA) is 42.1 Å². The highest BCUT2D eigenvalue weighted by atomic mass is 15.1. The van der Waals surface area contributed by atoms with Crippen LogP contribution in [0.25, 0.3) is 0 Å². The Morgan fingerprint density at radius 3 is 2.53 bits per heavy atom. The van der Waals surface area contributed by atoms with E-state index in [1.807, 2.05) is 19.2 Å². The number of pyridine rings is 1. The summed E-state index contributed by atoms with van der Waals surface area (Å²) in [5.74, 6) is 0.729. The lowest BCUT2D eigenvalue weighted by atomic mass is 10.1. The average molecular weight is 235 g/mol. The molecule has 0 saturated carbocycles. The van der Waals surface area contributed by atoms with E-state index in [4.69, 9.17) is 5.73 Å². The summed E-state index contributed by atoms with van der Waals surface area (Å²) in [6.45, 7) is 8.22. The Bertz CT molecular complexity index is 319. The maximum atomic E-state index is 5.88. The standard InChI is InChI=1S/C14H25N3/c1-11(2)7-8-17(4)14(9-15)13-6-5-12(3)16-10-13/h5-6,10-11,14H,7-9,15H2,1-4H3. The van der Waals surface area contributed by atoms with Gasteiger partial charge in [-0.1, -0.05) is 19.9 Å². The summed E-state index contributed by atoms with van der Waals surface area (Å²) in [6.07, 6.45) is 3.14. The highest BCUT2D eigenvalue weighted by Crippen LogP contribution is 2.18. The van der Waals surface area contributed by atoms with Gasteiger partial charge in [0.1, 0.15) is 0 Å². The van der Waals surface area contributed by atoms with Crippen molar-refractivity contribution in [3.8, 4) is 0 Å². The molecule has 1 heterocycles. The van der Waals surface area contributed by atoms with Gasteiger partial charge in [-0.05, 0) is 44.5 Å². The summed E-state index contributed by atoms with van der Waals surface area (Å²) in [5.41, 5.74) is 8.14. The number of hydrogen-bond acceptors (Lipinski definition) is 3. The van der Waals surface area contributed by atoms with Crippen molar-refractivity contribution in [2.24, 2.45) is 11.7 Å². The van der Waals surface area contributed by atoms with Crippen molar-refractivity contribution in [3.05, 3.63) is 29.6 Å². The van der Waals surface area contributed by atoms with E-state index in [-0.39, 0.29) is 6.04 Å². The van der Waals surface area contributed by atoms with Crippen LogP contribution in [0.3, 0.4) is 0 Å². The zero-order valence-corrected chi connectivity index (χ0v) is 11.5. The molecule has 0 fully saturated rings. The van der Waals surface area contributed by atoms with Crippen LogP contribution in [-0.4, -0.2) is 30.0 Å². The zero-order valence-electron chi connectivity index (χ0n) is 11.5. The van der Waals surface area contributed by atoms with Gasteiger partial charge in [-0.2, -0.15) is 0 Å². The molecule has 0 spiro atoms. The third-order valence-corrected chi connectivity index (χ3v) is 3.13. The van der Waals surface area contributed by atoms with E-state index in [0.717, 1.165) is 18.2 Å². The molecule has 0 aliphatic heterocycles. The van der Waals surface area contributed by atoms with Crippen molar-refractivity contribution in [1.29, 1.82) is 0 Å². The van der Waals surface area contributed by atoms with Crippen molar-refractivity contribution in [2.75, 3.05) is 20.1 Å². The van der Waals surface area contributed by atoms with Crippen molar-refractivity contribution in [1.82, 2.24) is 9.88 Å². The van der Waals surface area contributed by atoms with Gasteiger partial charge in [0.25, 0.3) is 0 Å². The minimum atomic E-state index is 0.279. The lowest BCUT2D eigenvalue weighted by Gasteiger charge is -2.27. The van der Waals surface area contributed by atoms with Crippen LogP contribution < -0.4 is 5.73 Å². The lowest BCUT2D eigenvalue weighted by Crippen LogP contribution is -2.32. The summed E-state index contributed by atoms with van der Waals surface area (Å²) < 4.78 is 0. The second-order valence-electron chi connectivity index (χ2n) is 5.15.